The van der Waals surface area contributed by atoms with Gasteiger partial charge in [-0.05, 0) is 36.6 Å². The van der Waals surface area contributed by atoms with Gasteiger partial charge in [-0.2, -0.15) is 13.2 Å². The molecule has 1 N–H and O–H groups in total. The number of hydrogen-bond acceptors (Lipinski definition) is 1. The molecule has 0 heterocycles. The molecule has 0 aromatic heterocycles. The van der Waals surface area contributed by atoms with Gasteiger partial charge in [-0.3, -0.25) is 4.79 Å². The Bertz CT molecular complexity index is 645. The Kier molecular flexibility index (Phi) is 5.42. The van der Waals surface area contributed by atoms with Gasteiger partial charge in [0.25, 0.3) is 0 Å². The van der Waals surface area contributed by atoms with Crippen molar-refractivity contribution in [3.63, 3.8) is 0 Å². The number of amides is 1. The van der Waals surface area contributed by atoms with Crippen LogP contribution in [0, 0.1) is 6.92 Å². The lowest BCUT2D eigenvalue weighted by Crippen LogP contribution is -2.23. The maximum absolute atomic E-state index is 12.5. The van der Waals surface area contributed by atoms with E-state index in [1.807, 2.05) is 31.2 Å². The topological polar surface area (TPSA) is 29.1 Å². The van der Waals surface area contributed by atoms with E-state index in [4.69, 9.17) is 0 Å². The number of rotatable bonds is 5. The molecule has 2 rings (SSSR count). The molecule has 0 aliphatic carbocycles. The molecular weight excluding hydrogens is 303 g/mol. The van der Waals surface area contributed by atoms with E-state index in [0.717, 1.165) is 17.7 Å². The van der Waals surface area contributed by atoms with Gasteiger partial charge in [0, 0.05) is 13.0 Å². The minimum atomic E-state index is -4.34. The summed E-state index contributed by atoms with van der Waals surface area (Å²) in [5.74, 6) is -0.120. The first-order chi connectivity index (χ1) is 10.8. The van der Waals surface area contributed by atoms with Gasteiger partial charge in [-0.25, -0.2) is 0 Å². The lowest BCUT2D eigenvalue weighted by Gasteiger charge is -2.09. The molecule has 2 aromatic rings. The molecule has 0 saturated heterocycles. The van der Waals surface area contributed by atoms with Crippen LogP contribution in [0.2, 0.25) is 0 Å². The number of halogens is 3. The Morgan fingerprint density at radius 1 is 0.957 bits per heavy atom. The van der Waals surface area contributed by atoms with Gasteiger partial charge in [-0.1, -0.05) is 42.0 Å². The second-order valence-corrected chi connectivity index (χ2v) is 5.46. The van der Waals surface area contributed by atoms with E-state index in [9.17, 15) is 18.0 Å². The predicted octanol–water partition coefficient (Wildman–Crippen LogP) is 4.26. The first kappa shape index (κ1) is 17.1. The first-order valence-electron chi connectivity index (χ1n) is 7.33. The summed E-state index contributed by atoms with van der Waals surface area (Å²) in [5.41, 5.74) is 2.20. The third kappa shape index (κ3) is 5.43. The minimum Gasteiger partial charge on any atom is -0.352 e. The van der Waals surface area contributed by atoms with Crippen molar-refractivity contribution < 1.29 is 18.0 Å². The number of hydrogen-bond donors (Lipinski definition) is 1. The van der Waals surface area contributed by atoms with E-state index in [1.54, 1.807) is 0 Å². The molecule has 0 saturated carbocycles. The SMILES string of the molecule is Cc1ccc(CCC(=O)NCc2ccc(C(F)(F)F)cc2)cc1. The molecule has 5 heteroatoms. The lowest BCUT2D eigenvalue weighted by atomic mass is 10.1. The van der Waals surface area contributed by atoms with Gasteiger partial charge in [0.15, 0.2) is 0 Å². The van der Waals surface area contributed by atoms with Crippen LogP contribution >= 0.6 is 0 Å². The van der Waals surface area contributed by atoms with Crippen molar-refractivity contribution in [1.82, 2.24) is 5.32 Å². The lowest BCUT2D eigenvalue weighted by molar-refractivity contribution is -0.137. The molecule has 0 fully saturated rings. The second kappa shape index (κ2) is 7.31. The molecule has 0 unspecified atom stereocenters. The van der Waals surface area contributed by atoms with E-state index in [0.29, 0.717) is 18.4 Å². The summed E-state index contributed by atoms with van der Waals surface area (Å²) in [6.07, 6.45) is -3.35. The zero-order valence-corrected chi connectivity index (χ0v) is 12.8. The summed E-state index contributed by atoms with van der Waals surface area (Å²) in [6, 6.07) is 12.8. The van der Waals surface area contributed by atoms with E-state index in [2.05, 4.69) is 5.32 Å². The quantitative estimate of drug-likeness (QED) is 0.876. The molecule has 1 amide bonds. The summed E-state index contributed by atoms with van der Waals surface area (Å²) in [5, 5.41) is 2.72. The molecule has 122 valence electrons. The summed E-state index contributed by atoms with van der Waals surface area (Å²) < 4.78 is 37.4. The fraction of sp³-hybridized carbons (Fsp3) is 0.278. The summed E-state index contributed by atoms with van der Waals surface area (Å²) in [7, 11) is 0. The van der Waals surface area contributed by atoms with Crippen molar-refractivity contribution >= 4 is 5.91 Å². The Labute approximate surface area is 133 Å². The molecule has 0 aliphatic heterocycles. The number of nitrogens with one attached hydrogen (secondary N) is 1. The van der Waals surface area contributed by atoms with E-state index in [1.165, 1.54) is 17.7 Å². The number of aryl methyl sites for hydroxylation is 2. The molecule has 2 nitrogen and oxygen atoms in total. The third-order valence-electron chi connectivity index (χ3n) is 3.53. The second-order valence-electron chi connectivity index (χ2n) is 5.46. The van der Waals surface area contributed by atoms with Crippen LogP contribution in [0.25, 0.3) is 0 Å². The van der Waals surface area contributed by atoms with Crippen LogP contribution in [0.4, 0.5) is 13.2 Å². The number of alkyl halides is 3. The van der Waals surface area contributed by atoms with E-state index in [-0.39, 0.29) is 12.5 Å². The van der Waals surface area contributed by atoms with Crippen LogP contribution in [0.1, 0.15) is 28.7 Å². The summed E-state index contributed by atoms with van der Waals surface area (Å²) in [4.78, 5) is 11.8. The van der Waals surface area contributed by atoms with Gasteiger partial charge < -0.3 is 5.32 Å². The number of carbonyl (C=O) groups excluding carboxylic acids is 1. The van der Waals surface area contributed by atoms with Crippen molar-refractivity contribution in [2.75, 3.05) is 0 Å². The number of benzene rings is 2. The fourth-order valence-corrected chi connectivity index (χ4v) is 2.11. The Balaban J connectivity index is 1.79. The third-order valence-corrected chi connectivity index (χ3v) is 3.53. The highest BCUT2D eigenvalue weighted by Crippen LogP contribution is 2.29. The van der Waals surface area contributed by atoms with Crippen LogP contribution in [-0.2, 0) is 23.9 Å². The molecule has 0 spiro atoms. The first-order valence-corrected chi connectivity index (χ1v) is 7.33. The Morgan fingerprint density at radius 3 is 2.09 bits per heavy atom. The van der Waals surface area contributed by atoms with Gasteiger partial charge in [0.1, 0.15) is 0 Å². The monoisotopic (exact) mass is 321 g/mol. The molecule has 0 bridgehead atoms. The summed E-state index contributed by atoms with van der Waals surface area (Å²) in [6.45, 7) is 2.23. The summed E-state index contributed by atoms with van der Waals surface area (Å²) >= 11 is 0. The normalized spacial score (nSPS) is 11.3. The Hall–Kier alpha value is -2.30. The van der Waals surface area contributed by atoms with Crippen LogP contribution < -0.4 is 5.32 Å². The van der Waals surface area contributed by atoms with E-state index >= 15 is 0 Å². The highest BCUT2D eigenvalue weighted by atomic mass is 19.4. The van der Waals surface area contributed by atoms with Gasteiger partial charge in [0.05, 0.1) is 5.56 Å². The van der Waals surface area contributed by atoms with Crippen LogP contribution in [0.3, 0.4) is 0 Å². The van der Waals surface area contributed by atoms with Gasteiger partial charge in [-0.15, -0.1) is 0 Å². The van der Waals surface area contributed by atoms with Crippen LogP contribution in [-0.4, -0.2) is 5.91 Å². The smallest absolute Gasteiger partial charge is 0.352 e. The zero-order valence-electron chi connectivity index (χ0n) is 12.8. The maximum Gasteiger partial charge on any atom is 0.416 e. The number of carbonyl (C=O) groups is 1. The molecule has 0 atom stereocenters. The highest BCUT2D eigenvalue weighted by molar-refractivity contribution is 5.76. The molecule has 0 radical (unpaired) electrons. The van der Waals surface area contributed by atoms with Crippen molar-refractivity contribution in [3.05, 3.63) is 70.8 Å². The molecule has 2 aromatic carbocycles. The molecule has 23 heavy (non-hydrogen) atoms. The Morgan fingerprint density at radius 2 is 1.52 bits per heavy atom. The molecule has 0 aliphatic rings. The maximum atomic E-state index is 12.5. The standard InChI is InChI=1S/C18H18F3NO/c1-13-2-4-14(5-3-13)8-11-17(23)22-12-15-6-9-16(10-7-15)18(19,20)21/h2-7,9-10H,8,11-12H2,1H3,(H,22,23). The van der Waals surface area contributed by atoms with Crippen molar-refractivity contribution in [2.45, 2.75) is 32.5 Å². The van der Waals surface area contributed by atoms with Crippen molar-refractivity contribution in [2.24, 2.45) is 0 Å². The zero-order chi connectivity index (χ0) is 16.9. The largest absolute Gasteiger partial charge is 0.416 e. The van der Waals surface area contributed by atoms with E-state index < -0.39 is 11.7 Å². The average molecular weight is 321 g/mol. The highest BCUT2D eigenvalue weighted by Gasteiger charge is 2.29. The van der Waals surface area contributed by atoms with Crippen LogP contribution in [0.15, 0.2) is 48.5 Å². The van der Waals surface area contributed by atoms with Crippen molar-refractivity contribution in [1.29, 1.82) is 0 Å². The van der Waals surface area contributed by atoms with Gasteiger partial charge in [0.2, 0.25) is 5.91 Å². The predicted molar refractivity (Wildman–Crippen MR) is 82.8 cm³/mol. The van der Waals surface area contributed by atoms with Crippen LogP contribution in [0.5, 0.6) is 0 Å². The van der Waals surface area contributed by atoms with Gasteiger partial charge >= 0.3 is 6.18 Å². The fourth-order valence-electron chi connectivity index (χ4n) is 2.11. The minimum absolute atomic E-state index is 0.120. The average Bonchev–Trinajstić information content (AvgIpc) is 2.52. The van der Waals surface area contributed by atoms with Crippen molar-refractivity contribution in [3.8, 4) is 0 Å². The molecular formula is C18H18F3NO.